The molecule has 0 saturated heterocycles. The summed E-state index contributed by atoms with van der Waals surface area (Å²) in [5.41, 5.74) is 5.46. The Morgan fingerprint density at radius 3 is 2.84 bits per heavy atom. The second-order valence-electron chi connectivity index (χ2n) is 4.43. The van der Waals surface area contributed by atoms with Gasteiger partial charge in [-0.05, 0) is 6.42 Å². The topological polar surface area (TPSA) is 78.9 Å². The Hall–Kier alpha value is -1.83. The van der Waals surface area contributed by atoms with Gasteiger partial charge in [0.25, 0.3) is 0 Å². The molecule has 1 aliphatic rings. The lowest BCUT2D eigenvalue weighted by Gasteiger charge is -2.14. The van der Waals surface area contributed by atoms with Gasteiger partial charge < -0.3 is 5.32 Å². The lowest BCUT2D eigenvalue weighted by molar-refractivity contribution is 0.00851. The third kappa shape index (κ3) is 3.57. The quantitative estimate of drug-likeness (QED) is 0.555. The van der Waals surface area contributed by atoms with Crippen LogP contribution in [-0.2, 0) is 0 Å². The Morgan fingerprint density at radius 2 is 2.26 bits per heavy atom. The number of halogens is 2. The van der Waals surface area contributed by atoms with E-state index in [0.717, 1.165) is 0 Å². The first kappa shape index (κ1) is 13.6. The highest BCUT2D eigenvalue weighted by molar-refractivity contribution is 5.74. The van der Waals surface area contributed by atoms with E-state index in [2.05, 4.69) is 26.1 Å². The van der Waals surface area contributed by atoms with Crippen molar-refractivity contribution in [2.45, 2.75) is 31.2 Å². The summed E-state index contributed by atoms with van der Waals surface area (Å²) in [6, 6.07) is 1.09. The number of carbonyl (C=O) groups excluding carboxylic acids is 1. The van der Waals surface area contributed by atoms with Gasteiger partial charge in [0.05, 0.1) is 0 Å². The zero-order valence-electron chi connectivity index (χ0n) is 10.4. The molecular weight excluding hydrogens is 256 g/mol. The van der Waals surface area contributed by atoms with Crippen molar-refractivity contribution in [1.29, 1.82) is 0 Å². The number of rotatable bonds is 5. The largest absolute Gasteiger partial charge is 0.367 e. The zero-order valence-corrected chi connectivity index (χ0v) is 10.4. The molecule has 1 fully saturated rings. The van der Waals surface area contributed by atoms with Crippen LogP contribution in [0.4, 0.5) is 20.5 Å². The van der Waals surface area contributed by atoms with E-state index in [1.165, 1.54) is 6.07 Å². The summed E-state index contributed by atoms with van der Waals surface area (Å²) >= 11 is 0. The van der Waals surface area contributed by atoms with Gasteiger partial charge in [0, 0.05) is 32.0 Å². The summed E-state index contributed by atoms with van der Waals surface area (Å²) in [7, 11) is 1.63. The van der Waals surface area contributed by atoms with Crippen LogP contribution in [0.1, 0.15) is 29.8 Å². The molecule has 0 aliphatic heterocycles. The number of hydrogen-bond donors (Lipinski definition) is 3. The smallest absolute Gasteiger partial charge is 0.250 e. The van der Waals surface area contributed by atoms with Crippen LogP contribution in [0.5, 0.6) is 0 Å². The number of carbonyl (C=O) groups is 1. The monoisotopic (exact) mass is 271 g/mol. The maximum absolute atomic E-state index is 13.1. The predicted molar refractivity (Wildman–Crippen MR) is 66.3 cm³/mol. The molecule has 19 heavy (non-hydrogen) atoms. The van der Waals surface area contributed by atoms with Crippen LogP contribution in [-0.4, -0.2) is 35.3 Å². The van der Waals surface area contributed by atoms with Crippen LogP contribution in [0.15, 0.2) is 6.07 Å². The van der Waals surface area contributed by atoms with Crippen molar-refractivity contribution in [3.8, 4) is 0 Å². The Morgan fingerprint density at radius 1 is 1.47 bits per heavy atom. The van der Waals surface area contributed by atoms with Crippen molar-refractivity contribution in [2.75, 3.05) is 17.8 Å². The number of nitrogens with zero attached hydrogens (tertiary/aromatic N) is 2. The molecule has 0 amide bonds. The normalized spacial score (nSPS) is 21.1. The van der Waals surface area contributed by atoms with Crippen LogP contribution in [0.3, 0.4) is 0 Å². The van der Waals surface area contributed by atoms with Crippen molar-refractivity contribution in [3.63, 3.8) is 0 Å². The fourth-order valence-electron chi connectivity index (χ4n) is 2.05. The number of anilines is 2. The van der Waals surface area contributed by atoms with E-state index in [9.17, 15) is 13.6 Å². The van der Waals surface area contributed by atoms with Crippen molar-refractivity contribution in [1.82, 2.24) is 15.4 Å². The minimum atomic E-state index is -2.62. The summed E-state index contributed by atoms with van der Waals surface area (Å²) in [5.74, 6) is -2.05. The average molecular weight is 271 g/mol. The van der Waals surface area contributed by atoms with Crippen LogP contribution < -0.4 is 16.2 Å². The highest BCUT2D eigenvalue weighted by Crippen LogP contribution is 2.36. The van der Waals surface area contributed by atoms with Gasteiger partial charge in [-0.1, -0.05) is 0 Å². The van der Waals surface area contributed by atoms with Crippen LogP contribution in [0, 0.1) is 0 Å². The van der Waals surface area contributed by atoms with Crippen molar-refractivity contribution < 1.29 is 13.6 Å². The second kappa shape index (κ2) is 5.43. The van der Waals surface area contributed by atoms with Gasteiger partial charge in [0.2, 0.25) is 11.9 Å². The highest BCUT2D eigenvalue weighted by atomic mass is 19.3. The lowest BCUT2D eigenvalue weighted by Crippen LogP contribution is -2.22. The first-order valence-corrected chi connectivity index (χ1v) is 5.94. The Labute approximate surface area is 109 Å². The molecule has 3 N–H and O–H groups in total. The van der Waals surface area contributed by atoms with E-state index in [0.29, 0.717) is 18.5 Å². The molecule has 0 bridgehead atoms. The SMILES string of the molecule is CNNc1nc(C=O)cc(NC2CCC(F)(F)C2)n1. The van der Waals surface area contributed by atoms with Crippen LogP contribution >= 0.6 is 0 Å². The number of alkyl halides is 2. The minimum Gasteiger partial charge on any atom is -0.367 e. The van der Waals surface area contributed by atoms with Gasteiger partial charge in [-0.25, -0.2) is 19.2 Å². The Kier molecular flexibility index (Phi) is 3.89. The van der Waals surface area contributed by atoms with Gasteiger partial charge in [-0.3, -0.25) is 10.2 Å². The summed E-state index contributed by atoms with van der Waals surface area (Å²) in [5, 5.41) is 2.91. The molecule has 0 radical (unpaired) electrons. The minimum absolute atomic E-state index is 0.127. The van der Waals surface area contributed by atoms with Crippen molar-refractivity contribution in [2.24, 2.45) is 0 Å². The summed E-state index contributed by atoms with van der Waals surface area (Å²) < 4.78 is 26.2. The second-order valence-corrected chi connectivity index (χ2v) is 4.43. The molecular formula is C11H15F2N5O. The average Bonchev–Trinajstić information content (AvgIpc) is 2.68. The zero-order chi connectivity index (χ0) is 13.9. The molecule has 6 nitrogen and oxygen atoms in total. The van der Waals surface area contributed by atoms with Crippen molar-refractivity contribution in [3.05, 3.63) is 11.8 Å². The number of aromatic nitrogens is 2. The molecule has 1 atom stereocenters. The van der Waals surface area contributed by atoms with E-state index < -0.39 is 5.92 Å². The fourth-order valence-corrected chi connectivity index (χ4v) is 2.05. The number of nitrogens with one attached hydrogen (secondary N) is 3. The van der Waals surface area contributed by atoms with E-state index in [4.69, 9.17) is 0 Å². The molecule has 1 aromatic heterocycles. The molecule has 1 aliphatic carbocycles. The molecule has 0 spiro atoms. The summed E-state index contributed by atoms with van der Waals surface area (Å²) in [6.07, 6.45) is 0.610. The predicted octanol–water partition coefficient (Wildman–Crippen LogP) is 1.44. The van der Waals surface area contributed by atoms with Gasteiger partial charge >= 0.3 is 0 Å². The van der Waals surface area contributed by atoms with E-state index in [1.807, 2.05) is 0 Å². The Bertz CT molecular complexity index is 468. The molecule has 1 aromatic rings. The number of aldehydes is 1. The van der Waals surface area contributed by atoms with E-state index >= 15 is 0 Å². The molecule has 0 aromatic carbocycles. The maximum Gasteiger partial charge on any atom is 0.250 e. The molecule has 1 heterocycles. The van der Waals surface area contributed by atoms with Crippen LogP contribution in [0.2, 0.25) is 0 Å². The van der Waals surface area contributed by atoms with Crippen molar-refractivity contribution >= 4 is 18.1 Å². The fraction of sp³-hybridized carbons (Fsp3) is 0.545. The summed E-state index contributed by atoms with van der Waals surface area (Å²) in [6.45, 7) is 0. The maximum atomic E-state index is 13.1. The first-order valence-electron chi connectivity index (χ1n) is 5.94. The standard InChI is InChI=1S/C11H15F2N5O/c1-14-18-10-16-8(6-19)4-9(17-10)15-7-2-3-11(12,13)5-7/h4,6-7,14H,2-3,5H2,1H3,(H2,15,16,17,18). The molecule has 2 rings (SSSR count). The van der Waals surface area contributed by atoms with E-state index in [-0.39, 0.29) is 30.5 Å². The van der Waals surface area contributed by atoms with Gasteiger partial charge in [0.15, 0.2) is 6.29 Å². The number of hydrazine groups is 1. The third-order valence-electron chi connectivity index (χ3n) is 2.86. The van der Waals surface area contributed by atoms with E-state index in [1.54, 1.807) is 7.05 Å². The van der Waals surface area contributed by atoms with Gasteiger partial charge in [-0.15, -0.1) is 0 Å². The van der Waals surface area contributed by atoms with Gasteiger partial charge in [0.1, 0.15) is 11.5 Å². The van der Waals surface area contributed by atoms with Gasteiger partial charge in [-0.2, -0.15) is 4.98 Å². The molecule has 1 saturated carbocycles. The molecule has 1 unspecified atom stereocenters. The highest BCUT2D eigenvalue weighted by Gasteiger charge is 2.39. The summed E-state index contributed by atoms with van der Waals surface area (Å²) in [4.78, 5) is 18.8. The number of hydrogen-bond acceptors (Lipinski definition) is 6. The Balaban J connectivity index is 2.11. The molecule has 104 valence electrons. The van der Waals surface area contributed by atoms with Crippen LogP contribution in [0.25, 0.3) is 0 Å². The third-order valence-corrected chi connectivity index (χ3v) is 2.86. The molecule has 8 heteroatoms. The first-order chi connectivity index (χ1) is 9.02. The lowest BCUT2D eigenvalue weighted by atomic mass is 10.2.